The van der Waals surface area contributed by atoms with Gasteiger partial charge in [0.15, 0.2) is 0 Å². The van der Waals surface area contributed by atoms with Crippen molar-refractivity contribution in [1.29, 1.82) is 0 Å². The molecule has 6 heteroatoms. The molecule has 24 heavy (non-hydrogen) atoms. The van der Waals surface area contributed by atoms with Crippen molar-refractivity contribution < 1.29 is 13.2 Å². The SMILES string of the molecule is COc1cc(C)c(C)cc1S(=O)(=O)N1CCN(CC(C)(C)C)CC1. The second-order valence-corrected chi connectivity index (χ2v) is 9.73. The molecule has 2 rings (SSSR count). The lowest BCUT2D eigenvalue weighted by Crippen LogP contribution is -2.50. The second-order valence-electron chi connectivity index (χ2n) is 7.83. The summed E-state index contributed by atoms with van der Waals surface area (Å²) in [7, 11) is -2.01. The van der Waals surface area contributed by atoms with E-state index in [1.54, 1.807) is 16.4 Å². The Kier molecular flexibility index (Phi) is 5.62. The van der Waals surface area contributed by atoms with E-state index in [4.69, 9.17) is 4.74 Å². The Morgan fingerprint density at radius 3 is 2.08 bits per heavy atom. The molecule has 1 aliphatic rings. The lowest BCUT2D eigenvalue weighted by Gasteiger charge is -2.37. The summed E-state index contributed by atoms with van der Waals surface area (Å²) < 4.78 is 33.0. The third kappa shape index (κ3) is 4.29. The van der Waals surface area contributed by atoms with Crippen LogP contribution < -0.4 is 4.74 Å². The zero-order valence-corrected chi connectivity index (χ0v) is 16.5. The zero-order valence-electron chi connectivity index (χ0n) is 15.7. The van der Waals surface area contributed by atoms with Gasteiger partial charge in [0.2, 0.25) is 10.0 Å². The Labute approximate surface area is 146 Å². The van der Waals surface area contributed by atoms with Crippen LogP contribution in [0.15, 0.2) is 17.0 Å². The van der Waals surface area contributed by atoms with Crippen LogP contribution in [0.4, 0.5) is 0 Å². The quantitative estimate of drug-likeness (QED) is 0.834. The van der Waals surface area contributed by atoms with E-state index in [2.05, 4.69) is 25.7 Å². The van der Waals surface area contributed by atoms with Gasteiger partial charge in [-0.1, -0.05) is 20.8 Å². The van der Waals surface area contributed by atoms with Crippen molar-refractivity contribution in [3.8, 4) is 5.75 Å². The molecule has 0 radical (unpaired) electrons. The Hall–Kier alpha value is -1.11. The molecular formula is C18H30N2O3S. The van der Waals surface area contributed by atoms with Crippen LogP contribution in [0.1, 0.15) is 31.9 Å². The highest BCUT2D eigenvalue weighted by atomic mass is 32.2. The van der Waals surface area contributed by atoms with Gasteiger partial charge in [-0.2, -0.15) is 4.31 Å². The first-order valence-corrected chi connectivity index (χ1v) is 9.86. The molecule has 0 N–H and O–H groups in total. The summed E-state index contributed by atoms with van der Waals surface area (Å²) in [5, 5.41) is 0. The fraction of sp³-hybridized carbons (Fsp3) is 0.667. The van der Waals surface area contributed by atoms with E-state index in [9.17, 15) is 8.42 Å². The number of piperazine rings is 1. The van der Waals surface area contributed by atoms with Gasteiger partial charge >= 0.3 is 0 Å². The van der Waals surface area contributed by atoms with Gasteiger partial charge in [0.1, 0.15) is 10.6 Å². The smallest absolute Gasteiger partial charge is 0.246 e. The third-order valence-corrected chi connectivity index (χ3v) is 6.35. The molecule has 0 aliphatic carbocycles. The minimum Gasteiger partial charge on any atom is -0.495 e. The minimum atomic E-state index is -3.53. The first kappa shape index (κ1) is 19.2. The van der Waals surface area contributed by atoms with Gasteiger partial charge < -0.3 is 9.64 Å². The molecule has 1 fully saturated rings. The van der Waals surface area contributed by atoms with Crippen molar-refractivity contribution in [3.63, 3.8) is 0 Å². The highest BCUT2D eigenvalue weighted by Gasteiger charge is 2.32. The fourth-order valence-corrected chi connectivity index (χ4v) is 4.71. The predicted molar refractivity (Wildman–Crippen MR) is 97.1 cm³/mol. The van der Waals surface area contributed by atoms with Crippen LogP contribution in [0.3, 0.4) is 0 Å². The monoisotopic (exact) mass is 354 g/mol. The number of ether oxygens (including phenoxy) is 1. The molecule has 1 saturated heterocycles. The summed E-state index contributed by atoms with van der Waals surface area (Å²) in [6, 6.07) is 3.53. The average molecular weight is 355 g/mol. The molecule has 0 spiro atoms. The predicted octanol–water partition coefficient (Wildman–Crippen LogP) is 2.66. The molecule has 0 saturated carbocycles. The topological polar surface area (TPSA) is 49.9 Å². The minimum absolute atomic E-state index is 0.221. The van der Waals surface area contributed by atoms with Crippen molar-refractivity contribution in [1.82, 2.24) is 9.21 Å². The van der Waals surface area contributed by atoms with Crippen molar-refractivity contribution in [2.45, 2.75) is 39.5 Å². The van der Waals surface area contributed by atoms with Gasteiger partial charge in [-0.3, -0.25) is 0 Å². The molecular weight excluding hydrogens is 324 g/mol. The van der Waals surface area contributed by atoms with Gasteiger partial charge in [-0.25, -0.2) is 8.42 Å². The number of sulfonamides is 1. The third-order valence-electron chi connectivity index (χ3n) is 4.43. The molecule has 1 aromatic rings. The Balaban J connectivity index is 2.20. The largest absolute Gasteiger partial charge is 0.495 e. The van der Waals surface area contributed by atoms with E-state index in [1.165, 1.54) is 7.11 Å². The van der Waals surface area contributed by atoms with Crippen LogP contribution in [-0.4, -0.2) is 57.5 Å². The summed E-state index contributed by atoms with van der Waals surface area (Å²) in [5.74, 6) is 0.426. The summed E-state index contributed by atoms with van der Waals surface area (Å²) >= 11 is 0. The average Bonchev–Trinajstić information content (AvgIpc) is 2.48. The summed E-state index contributed by atoms with van der Waals surface area (Å²) in [6.45, 7) is 14.1. The Bertz CT molecular complexity index is 685. The van der Waals surface area contributed by atoms with Crippen molar-refractivity contribution >= 4 is 10.0 Å². The number of hydrogen-bond donors (Lipinski definition) is 0. The zero-order chi connectivity index (χ0) is 18.1. The molecule has 136 valence electrons. The molecule has 1 aliphatic heterocycles. The maximum Gasteiger partial charge on any atom is 0.246 e. The van der Waals surface area contributed by atoms with Crippen LogP contribution in [0.5, 0.6) is 5.75 Å². The summed E-state index contributed by atoms with van der Waals surface area (Å²) in [5.41, 5.74) is 2.21. The van der Waals surface area contributed by atoms with Crippen LogP contribution in [0.25, 0.3) is 0 Å². The lowest BCUT2D eigenvalue weighted by atomic mass is 9.96. The fourth-order valence-electron chi connectivity index (χ4n) is 3.06. The van der Waals surface area contributed by atoms with Gasteiger partial charge in [-0.05, 0) is 42.5 Å². The lowest BCUT2D eigenvalue weighted by molar-refractivity contribution is 0.141. The first-order valence-electron chi connectivity index (χ1n) is 8.42. The number of aryl methyl sites for hydroxylation is 2. The highest BCUT2D eigenvalue weighted by molar-refractivity contribution is 7.89. The number of benzene rings is 1. The normalized spacial score (nSPS) is 17.9. The standard InChI is InChI=1S/C18H30N2O3S/c1-14-11-16(23-6)17(12-15(14)2)24(21,22)20-9-7-19(8-10-20)13-18(3,4)5/h11-12H,7-10,13H2,1-6H3. The molecule has 1 aromatic carbocycles. The van der Waals surface area contributed by atoms with Gasteiger partial charge in [-0.15, -0.1) is 0 Å². The van der Waals surface area contributed by atoms with E-state index >= 15 is 0 Å². The van der Waals surface area contributed by atoms with Crippen molar-refractivity contribution in [2.24, 2.45) is 5.41 Å². The maximum absolute atomic E-state index is 13.0. The van der Waals surface area contributed by atoms with E-state index in [0.717, 1.165) is 30.8 Å². The van der Waals surface area contributed by atoms with E-state index in [0.29, 0.717) is 18.8 Å². The number of nitrogens with zero attached hydrogens (tertiary/aromatic N) is 2. The Morgan fingerprint density at radius 2 is 1.58 bits per heavy atom. The van der Waals surface area contributed by atoms with Crippen LogP contribution >= 0.6 is 0 Å². The van der Waals surface area contributed by atoms with Gasteiger partial charge in [0.05, 0.1) is 7.11 Å². The summed E-state index contributed by atoms with van der Waals surface area (Å²) in [6.07, 6.45) is 0. The first-order chi connectivity index (χ1) is 11.0. The maximum atomic E-state index is 13.0. The van der Waals surface area contributed by atoms with E-state index in [1.807, 2.05) is 13.8 Å². The van der Waals surface area contributed by atoms with Crippen LogP contribution in [-0.2, 0) is 10.0 Å². The second kappa shape index (κ2) is 7.02. The van der Waals surface area contributed by atoms with Gasteiger partial charge in [0.25, 0.3) is 0 Å². The molecule has 1 heterocycles. The molecule has 0 amide bonds. The highest BCUT2D eigenvalue weighted by Crippen LogP contribution is 2.30. The number of methoxy groups -OCH3 is 1. The van der Waals surface area contributed by atoms with Crippen LogP contribution in [0.2, 0.25) is 0 Å². The molecule has 5 nitrogen and oxygen atoms in total. The molecule has 0 bridgehead atoms. The van der Waals surface area contributed by atoms with E-state index < -0.39 is 10.0 Å². The van der Waals surface area contributed by atoms with E-state index in [-0.39, 0.29) is 10.3 Å². The van der Waals surface area contributed by atoms with Crippen molar-refractivity contribution in [2.75, 3.05) is 39.8 Å². The molecule has 0 aromatic heterocycles. The van der Waals surface area contributed by atoms with Crippen LogP contribution in [0, 0.1) is 19.3 Å². The number of rotatable bonds is 4. The van der Waals surface area contributed by atoms with Gasteiger partial charge in [0, 0.05) is 32.7 Å². The number of hydrogen-bond acceptors (Lipinski definition) is 4. The van der Waals surface area contributed by atoms with Crippen molar-refractivity contribution in [3.05, 3.63) is 23.3 Å². The Morgan fingerprint density at radius 1 is 1.04 bits per heavy atom. The molecule has 0 atom stereocenters. The summed E-state index contributed by atoms with van der Waals surface area (Å²) in [4.78, 5) is 2.61. The molecule has 0 unspecified atom stereocenters.